The molecule has 0 aliphatic heterocycles. The molecule has 0 aromatic heterocycles. The Morgan fingerprint density at radius 2 is 1.92 bits per heavy atom. The minimum Gasteiger partial charge on any atom is -0.491 e. The molecule has 0 amide bonds. The van der Waals surface area contributed by atoms with Crippen LogP contribution in [0.1, 0.15) is 11.1 Å². The standard InChI is InChI=1S/C18H21F2N3O/c1-13-5-3-4-6-17(13)24-10-9-22-18(21-2)23-12-14-11-15(19)7-8-16(14)20/h3-8,11H,9-10,12H2,1-2H3,(H2,21,22,23). The Hall–Kier alpha value is -2.63. The van der Waals surface area contributed by atoms with Crippen LogP contribution >= 0.6 is 0 Å². The van der Waals surface area contributed by atoms with Crippen LogP contribution in [0.2, 0.25) is 0 Å². The van der Waals surface area contributed by atoms with Crippen molar-refractivity contribution >= 4 is 5.96 Å². The van der Waals surface area contributed by atoms with Crippen molar-refractivity contribution in [3.63, 3.8) is 0 Å². The van der Waals surface area contributed by atoms with E-state index in [4.69, 9.17) is 4.74 Å². The normalized spacial score (nSPS) is 11.2. The van der Waals surface area contributed by atoms with E-state index in [-0.39, 0.29) is 12.1 Å². The molecule has 0 heterocycles. The van der Waals surface area contributed by atoms with Gasteiger partial charge in [0, 0.05) is 19.2 Å². The first-order valence-corrected chi connectivity index (χ1v) is 7.67. The largest absolute Gasteiger partial charge is 0.491 e. The summed E-state index contributed by atoms with van der Waals surface area (Å²) in [7, 11) is 1.61. The van der Waals surface area contributed by atoms with Gasteiger partial charge in [0.15, 0.2) is 5.96 Å². The van der Waals surface area contributed by atoms with Crippen LogP contribution in [0.25, 0.3) is 0 Å². The third-order valence-corrected chi connectivity index (χ3v) is 3.42. The maximum Gasteiger partial charge on any atom is 0.191 e. The van der Waals surface area contributed by atoms with Crippen LogP contribution < -0.4 is 15.4 Å². The molecule has 0 spiro atoms. The Morgan fingerprint density at radius 3 is 2.67 bits per heavy atom. The Balaban J connectivity index is 1.76. The third kappa shape index (κ3) is 5.22. The zero-order valence-corrected chi connectivity index (χ0v) is 13.8. The lowest BCUT2D eigenvalue weighted by Crippen LogP contribution is -2.39. The number of rotatable bonds is 6. The van der Waals surface area contributed by atoms with Gasteiger partial charge in [-0.1, -0.05) is 18.2 Å². The second-order valence-electron chi connectivity index (χ2n) is 5.20. The second kappa shape index (κ2) is 8.86. The summed E-state index contributed by atoms with van der Waals surface area (Å²) < 4.78 is 32.4. The summed E-state index contributed by atoms with van der Waals surface area (Å²) in [4.78, 5) is 4.04. The van der Waals surface area contributed by atoms with Crippen LogP contribution in [-0.2, 0) is 6.54 Å². The monoisotopic (exact) mass is 333 g/mol. The highest BCUT2D eigenvalue weighted by Crippen LogP contribution is 2.15. The van der Waals surface area contributed by atoms with Crippen LogP contribution in [0.15, 0.2) is 47.5 Å². The molecule has 0 aliphatic carbocycles. The molecule has 0 unspecified atom stereocenters. The van der Waals surface area contributed by atoms with Crippen LogP contribution in [0, 0.1) is 18.6 Å². The second-order valence-corrected chi connectivity index (χ2v) is 5.20. The van der Waals surface area contributed by atoms with Crippen LogP contribution in [-0.4, -0.2) is 26.2 Å². The van der Waals surface area contributed by atoms with Crippen molar-refractivity contribution in [1.82, 2.24) is 10.6 Å². The lowest BCUT2D eigenvalue weighted by atomic mass is 10.2. The number of nitrogens with zero attached hydrogens (tertiary/aromatic N) is 1. The Morgan fingerprint density at radius 1 is 1.12 bits per heavy atom. The van der Waals surface area contributed by atoms with E-state index in [0.717, 1.165) is 29.5 Å². The van der Waals surface area contributed by atoms with E-state index in [9.17, 15) is 8.78 Å². The van der Waals surface area contributed by atoms with Crippen molar-refractivity contribution in [2.75, 3.05) is 20.2 Å². The van der Waals surface area contributed by atoms with E-state index >= 15 is 0 Å². The van der Waals surface area contributed by atoms with Crippen molar-refractivity contribution in [3.8, 4) is 5.75 Å². The number of halogens is 2. The Labute approximate surface area is 140 Å². The lowest BCUT2D eigenvalue weighted by molar-refractivity contribution is 0.320. The van der Waals surface area contributed by atoms with Gasteiger partial charge in [0.2, 0.25) is 0 Å². The molecule has 2 aromatic carbocycles. The number of benzene rings is 2. The highest BCUT2D eigenvalue weighted by Gasteiger charge is 2.05. The summed E-state index contributed by atoms with van der Waals surface area (Å²) in [5.74, 6) is 0.404. The van der Waals surface area contributed by atoms with Gasteiger partial charge in [0.05, 0.1) is 6.54 Å². The van der Waals surface area contributed by atoms with Gasteiger partial charge in [0.25, 0.3) is 0 Å². The van der Waals surface area contributed by atoms with Crippen molar-refractivity contribution in [2.45, 2.75) is 13.5 Å². The first-order valence-electron chi connectivity index (χ1n) is 7.67. The summed E-state index contributed by atoms with van der Waals surface area (Å²) in [6, 6.07) is 11.1. The minimum absolute atomic E-state index is 0.141. The van der Waals surface area contributed by atoms with E-state index < -0.39 is 11.6 Å². The van der Waals surface area contributed by atoms with Crippen molar-refractivity contribution in [3.05, 3.63) is 65.2 Å². The van der Waals surface area contributed by atoms with Crippen molar-refractivity contribution in [1.29, 1.82) is 0 Å². The fourth-order valence-corrected chi connectivity index (χ4v) is 2.13. The molecular formula is C18H21F2N3O. The molecule has 2 rings (SSSR count). The fourth-order valence-electron chi connectivity index (χ4n) is 2.13. The number of hydrogen-bond donors (Lipinski definition) is 2. The van der Waals surface area contributed by atoms with Gasteiger partial charge in [-0.05, 0) is 36.8 Å². The molecule has 0 fully saturated rings. The average Bonchev–Trinajstić information content (AvgIpc) is 2.58. The first-order chi connectivity index (χ1) is 11.6. The van der Waals surface area contributed by atoms with Gasteiger partial charge >= 0.3 is 0 Å². The van der Waals surface area contributed by atoms with Crippen LogP contribution in [0.5, 0.6) is 5.75 Å². The van der Waals surface area contributed by atoms with Gasteiger partial charge in [-0.25, -0.2) is 8.78 Å². The molecule has 24 heavy (non-hydrogen) atoms. The number of para-hydroxylation sites is 1. The highest BCUT2D eigenvalue weighted by atomic mass is 19.1. The van der Waals surface area contributed by atoms with Crippen LogP contribution in [0.3, 0.4) is 0 Å². The minimum atomic E-state index is -0.470. The predicted molar refractivity (Wildman–Crippen MR) is 91.2 cm³/mol. The van der Waals surface area contributed by atoms with Gasteiger partial charge in [-0.2, -0.15) is 0 Å². The number of guanidine groups is 1. The maximum absolute atomic E-state index is 13.6. The highest BCUT2D eigenvalue weighted by molar-refractivity contribution is 5.79. The van der Waals surface area contributed by atoms with Gasteiger partial charge < -0.3 is 15.4 Å². The third-order valence-electron chi connectivity index (χ3n) is 3.42. The quantitative estimate of drug-likeness (QED) is 0.485. The zero-order valence-electron chi connectivity index (χ0n) is 13.8. The molecule has 2 aromatic rings. The van der Waals surface area contributed by atoms with Crippen molar-refractivity contribution in [2.24, 2.45) is 4.99 Å². The number of ether oxygens (including phenoxy) is 1. The van der Waals surface area contributed by atoms with E-state index in [0.29, 0.717) is 19.1 Å². The van der Waals surface area contributed by atoms with Crippen LogP contribution in [0.4, 0.5) is 8.78 Å². The zero-order chi connectivity index (χ0) is 17.4. The summed E-state index contributed by atoms with van der Waals surface area (Å²) >= 11 is 0. The van der Waals surface area contributed by atoms with Gasteiger partial charge in [-0.15, -0.1) is 0 Å². The number of aliphatic imine (C=N–C) groups is 1. The van der Waals surface area contributed by atoms with Gasteiger partial charge in [0.1, 0.15) is 24.0 Å². The molecule has 0 atom stereocenters. The molecule has 0 aliphatic rings. The molecular weight excluding hydrogens is 312 g/mol. The summed E-state index contributed by atoms with van der Waals surface area (Å²) in [5, 5.41) is 6.00. The molecule has 2 N–H and O–H groups in total. The molecule has 0 radical (unpaired) electrons. The van der Waals surface area contributed by atoms with E-state index in [2.05, 4.69) is 15.6 Å². The number of nitrogens with one attached hydrogen (secondary N) is 2. The summed E-state index contributed by atoms with van der Waals surface area (Å²) in [6.45, 7) is 3.11. The molecule has 0 saturated carbocycles. The SMILES string of the molecule is CN=C(NCCOc1ccccc1C)NCc1cc(F)ccc1F. The van der Waals surface area contributed by atoms with E-state index in [1.165, 1.54) is 0 Å². The van der Waals surface area contributed by atoms with Crippen molar-refractivity contribution < 1.29 is 13.5 Å². The molecule has 6 heteroatoms. The average molecular weight is 333 g/mol. The number of hydrogen-bond acceptors (Lipinski definition) is 2. The maximum atomic E-state index is 13.6. The molecule has 128 valence electrons. The lowest BCUT2D eigenvalue weighted by Gasteiger charge is -2.13. The Bertz CT molecular complexity index is 704. The molecule has 0 saturated heterocycles. The molecule has 0 bridgehead atoms. The fraction of sp³-hybridized carbons (Fsp3) is 0.278. The number of aryl methyl sites for hydroxylation is 1. The Kier molecular flexibility index (Phi) is 6.54. The summed E-state index contributed by atoms with van der Waals surface area (Å²) in [6.07, 6.45) is 0. The topological polar surface area (TPSA) is 45.7 Å². The smallest absolute Gasteiger partial charge is 0.191 e. The van der Waals surface area contributed by atoms with E-state index in [1.807, 2.05) is 31.2 Å². The van der Waals surface area contributed by atoms with E-state index in [1.54, 1.807) is 7.05 Å². The predicted octanol–water partition coefficient (Wildman–Crippen LogP) is 3.02. The first kappa shape index (κ1) is 17.7. The summed E-state index contributed by atoms with van der Waals surface area (Å²) in [5.41, 5.74) is 1.32. The van der Waals surface area contributed by atoms with Gasteiger partial charge in [-0.3, -0.25) is 4.99 Å². The molecule has 4 nitrogen and oxygen atoms in total.